The van der Waals surface area contributed by atoms with Gasteiger partial charge in [0.25, 0.3) is 0 Å². The lowest BCUT2D eigenvalue weighted by atomic mass is 9.64. The second-order valence-corrected chi connectivity index (χ2v) is 6.31. The Morgan fingerprint density at radius 2 is 2.00 bits per heavy atom. The molecule has 0 unspecified atom stereocenters. The predicted molar refractivity (Wildman–Crippen MR) is 109 cm³/mol. The van der Waals surface area contributed by atoms with Crippen molar-refractivity contribution in [2.45, 2.75) is 37.8 Å². The van der Waals surface area contributed by atoms with E-state index in [1.807, 2.05) is 6.07 Å². The van der Waals surface area contributed by atoms with Gasteiger partial charge in [0.05, 0.1) is 6.54 Å². The summed E-state index contributed by atoms with van der Waals surface area (Å²) in [6, 6.07) is 10.5. The van der Waals surface area contributed by atoms with E-state index in [9.17, 15) is 8.78 Å². The summed E-state index contributed by atoms with van der Waals surface area (Å²) in [6.45, 7) is -1.64. The molecule has 0 spiro atoms. The standard InChI is InChI=1S/C18H23F2N5.HI/c1-21-17(23-12-15-22-10-11-25(15)16(19)20)24-13-18(8-5-9-18)14-6-3-2-4-7-14;/h2-4,6-7,10-11,16H,5,8-9,12-13H2,1H3,(H2,21,23,24);1H. The number of imidazole rings is 1. The summed E-state index contributed by atoms with van der Waals surface area (Å²) >= 11 is 0. The van der Waals surface area contributed by atoms with Crippen molar-refractivity contribution in [3.05, 3.63) is 54.1 Å². The summed E-state index contributed by atoms with van der Waals surface area (Å²) in [7, 11) is 1.67. The zero-order valence-electron chi connectivity index (χ0n) is 14.7. The molecular formula is C18H24F2IN5. The average Bonchev–Trinajstić information content (AvgIpc) is 3.06. The number of aliphatic imine (C=N–C) groups is 1. The van der Waals surface area contributed by atoms with Crippen molar-refractivity contribution in [1.29, 1.82) is 0 Å². The molecule has 0 saturated heterocycles. The number of nitrogens with one attached hydrogen (secondary N) is 2. The summed E-state index contributed by atoms with van der Waals surface area (Å²) in [5, 5.41) is 6.40. The zero-order chi connectivity index (χ0) is 17.7. The molecule has 1 aliphatic rings. The van der Waals surface area contributed by atoms with Gasteiger partial charge in [-0.1, -0.05) is 36.8 Å². The first kappa shape index (κ1) is 20.6. The van der Waals surface area contributed by atoms with Crippen LogP contribution in [0.5, 0.6) is 0 Å². The Morgan fingerprint density at radius 3 is 2.58 bits per heavy atom. The van der Waals surface area contributed by atoms with Crippen LogP contribution in [0.2, 0.25) is 0 Å². The molecule has 1 fully saturated rings. The maximum atomic E-state index is 12.9. The number of benzene rings is 1. The average molecular weight is 475 g/mol. The lowest BCUT2D eigenvalue weighted by Gasteiger charge is -2.43. The molecule has 1 aliphatic carbocycles. The highest BCUT2D eigenvalue weighted by atomic mass is 127. The quantitative estimate of drug-likeness (QED) is 0.381. The van der Waals surface area contributed by atoms with Crippen LogP contribution in [-0.2, 0) is 12.0 Å². The fourth-order valence-corrected chi connectivity index (χ4v) is 3.26. The highest BCUT2D eigenvalue weighted by Crippen LogP contribution is 2.43. The van der Waals surface area contributed by atoms with Crippen LogP contribution in [0.15, 0.2) is 47.7 Å². The molecule has 8 heteroatoms. The molecule has 0 atom stereocenters. The van der Waals surface area contributed by atoms with Crippen molar-refractivity contribution < 1.29 is 8.78 Å². The number of nitrogens with zero attached hydrogens (tertiary/aromatic N) is 3. The van der Waals surface area contributed by atoms with Crippen LogP contribution in [0.25, 0.3) is 0 Å². The maximum absolute atomic E-state index is 12.9. The van der Waals surface area contributed by atoms with Gasteiger partial charge in [-0.2, -0.15) is 8.78 Å². The lowest BCUT2D eigenvalue weighted by Crippen LogP contribution is -2.48. The minimum Gasteiger partial charge on any atom is -0.356 e. The fourth-order valence-electron chi connectivity index (χ4n) is 3.26. The van der Waals surface area contributed by atoms with E-state index in [1.54, 1.807) is 7.05 Å². The van der Waals surface area contributed by atoms with E-state index in [4.69, 9.17) is 0 Å². The van der Waals surface area contributed by atoms with Crippen molar-refractivity contribution in [2.75, 3.05) is 13.6 Å². The number of guanidine groups is 1. The molecule has 1 aromatic heterocycles. The van der Waals surface area contributed by atoms with Gasteiger partial charge < -0.3 is 10.6 Å². The van der Waals surface area contributed by atoms with Crippen LogP contribution in [0.4, 0.5) is 8.78 Å². The molecule has 1 aromatic carbocycles. The van der Waals surface area contributed by atoms with E-state index in [2.05, 4.69) is 44.9 Å². The monoisotopic (exact) mass is 475 g/mol. The van der Waals surface area contributed by atoms with Crippen LogP contribution >= 0.6 is 24.0 Å². The summed E-state index contributed by atoms with van der Waals surface area (Å²) < 4.78 is 26.6. The molecule has 0 amide bonds. The Bertz CT molecular complexity index is 713. The van der Waals surface area contributed by atoms with Gasteiger partial charge in [0.2, 0.25) is 0 Å². The van der Waals surface area contributed by atoms with Crippen LogP contribution in [0, 0.1) is 0 Å². The Labute approximate surface area is 169 Å². The van der Waals surface area contributed by atoms with Gasteiger partial charge in [0.1, 0.15) is 5.82 Å². The molecule has 142 valence electrons. The van der Waals surface area contributed by atoms with Gasteiger partial charge in [-0.3, -0.25) is 9.56 Å². The largest absolute Gasteiger partial charge is 0.356 e. The Morgan fingerprint density at radius 1 is 1.27 bits per heavy atom. The zero-order valence-corrected chi connectivity index (χ0v) is 17.0. The van der Waals surface area contributed by atoms with E-state index in [1.165, 1.54) is 24.4 Å². The molecule has 1 saturated carbocycles. The van der Waals surface area contributed by atoms with Crippen LogP contribution in [-0.4, -0.2) is 29.1 Å². The highest BCUT2D eigenvalue weighted by molar-refractivity contribution is 14.0. The molecule has 26 heavy (non-hydrogen) atoms. The van der Waals surface area contributed by atoms with Crippen LogP contribution in [0.3, 0.4) is 0 Å². The van der Waals surface area contributed by atoms with E-state index >= 15 is 0 Å². The number of rotatable bonds is 6. The lowest BCUT2D eigenvalue weighted by molar-refractivity contribution is 0.0668. The van der Waals surface area contributed by atoms with Crippen molar-refractivity contribution in [3.63, 3.8) is 0 Å². The summed E-state index contributed by atoms with van der Waals surface area (Å²) in [4.78, 5) is 8.15. The van der Waals surface area contributed by atoms with Crippen LogP contribution in [0.1, 0.15) is 37.2 Å². The summed E-state index contributed by atoms with van der Waals surface area (Å²) in [5.74, 6) is 0.866. The SMILES string of the molecule is CN=C(NCc1nccn1C(F)F)NCC1(c2ccccc2)CCC1.I. The number of aromatic nitrogens is 2. The molecule has 3 rings (SSSR count). The molecule has 2 N–H and O–H groups in total. The smallest absolute Gasteiger partial charge is 0.319 e. The number of halogens is 3. The molecule has 1 heterocycles. The Balaban J connectivity index is 0.00000243. The summed E-state index contributed by atoms with van der Waals surface area (Å²) in [6.07, 6.45) is 6.14. The van der Waals surface area contributed by atoms with Gasteiger partial charge in [0, 0.05) is 31.4 Å². The predicted octanol–water partition coefficient (Wildman–Crippen LogP) is 3.68. The first-order valence-electron chi connectivity index (χ1n) is 8.44. The molecule has 0 aliphatic heterocycles. The minimum absolute atomic E-state index is 0. The van der Waals surface area contributed by atoms with E-state index < -0.39 is 6.55 Å². The third-order valence-corrected chi connectivity index (χ3v) is 4.89. The normalized spacial score (nSPS) is 15.9. The van der Waals surface area contributed by atoms with E-state index in [0.29, 0.717) is 5.96 Å². The minimum atomic E-state index is -2.59. The molecular weight excluding hydrogens is 451 g/mol. The molecule has 0 radical (unpaired) electrons. The Kier molecular flexibility index (Phi) is 7.36. The van der Waals surface area contributed by atoms with Crippen molar-refractivity contribution in [3.8, 4) is 0 Å². The molecule has 5 nitrogen and oxygen atoms in total. The third kappa shape index (κ3) is 4.52. The highest BCUT2D eigenvalue weighted by Gasteiger charge is 2.38. The molecule has 2 aromatic rings. The van der Waals surface area contributed by atoms with Crippen LogP contribution < -0.4 is 10.6 Å². The third-order valence-electron chi connectivity index (χ3n) is 4.89. The topological polar surface area (TPSA) is 54.2 Å². The van der Waals surface area contributed by atoms with Crippen molar-refractivity contribution >= 4 is 29.9 Å². The second kappa shape index (κ2) is 9.29. The van der Waals surface area contributed by atoms with Gasteiger partial charge in [0.15, 0.2) is 5.96 Å². The van der Waals surface area contributed by atoms with E-state index in [0.717, 1.165) is 24.0 Å². The van der Waals surface area contributed by atoms with Gasteiger partial charge >= 0.3 is 6.55 Å². The Hall–Kier alpha value is -1.71. The molecule has 0 bridgehead atoms. The van der Waals surface area contributed by atoms with E-state index in [-0.39, 0.29) is 41.8 Å². The number of hydrogen-bond acceptors (Lipinski definition) is 2. The maximum Gasteiger partial charge on any atom is 0.319 e. The first-order chi connectivity index (χ1) is 12.1. The summed E-state index contributed by atoms with van der Waals surface area (Å²) in [5.41, 5.74) is 1.46. The van der Waals surface area contributed by atoms with Gasteiger partial charge in [-0.25, -0.2) is 4.98 Å². The van der Waals surface area contributed by atoms with Gasteiger partial charge in [-0.05, 0) is 18.4 Å². The first-order valence-corrected chi connectivity index (χ1v) is 8.44. The second-order valence-electron chi connectivity index (χ2n) is 6.31. The van der Waals surface area contributed by atoms with Crippen molar-refractivity contribution in [2.24, 2.45) is 4.99 Å². The fraction of sp³-hybridized carbons (Fsp3) is 0.444. The van der Waals surface area contributed by atoms with Crippen molar-refractivity contribution in [1.82, 2.24) is 20.2 Å². The number of hydrogen-bond donors (Lipinski definition) is 2. The number of alkyl halides is 2. The van der Waals surface area contributed by atoms with Gasteiger partial charge in [-0.15, -0.1) is 24.0 Å².